The van der Waals surface area contributed by atoms with Gasteiger partial charge in [-0.15, -0.1) is 0 Å². The number of ether oxygens (including phenoxy) is 2. The Bertz CT molecular complexity index is 4230. The van der Waals surface area contributed by atoms with Crippen molar-refractivity contribution in [1.29, 1.82) is 0 Å². The lowest BCUT2D eigenvalue weighted by Crippen LogP contribution is -2.32. The van der Waals surface area contributed by atoms with Crippen molar-refractivity contribution < 1.29 is 9.47 Å². The summed E-state index contributed by atoms with van der Waals surface area (Å²) in [6.45, 7) is 0. The van der Waals surface area contributed by atoms with Crippen LogP contribution in [0.5, 0.6) is 23.0 Å². The summed E-state index contributed by atoms with van der Waals surface area (Å²) in [4.78, 5) is 2.56. The van der Waals surface area contributed by atoms with Gasteiger partial charge in [-0.1, -0.05) is 212 Å². The van der Waals surface area contributed by atoms with Gasteiger partial charge in [0.25, 0.3) is 0 Å². The van der Waals surface area contributed by atoms with Crippen LogP contribution in [-0.4, -0.2) is 0 Å². The molecule has 12 aromatic rings. The second-order valence-electron chi connectivity index (χ2n) is 20.2. The summed E-state index contributed by atoms with van der Waals surface area (Å²) in [6, 6.07) is 100. The maximum atomic E-state index is 6.85. The molecule has 0 radical (unpaired) electrons. The fourth-order valence-electron chi connectivity index (χ4n) is 13.6. The van der Waals surface area contributed by atoms with E-state index in [9.17, 15) is 0 Å². The van der Waals surface area contributed by atoms with Gasteiger partial charge in [-0.25, -0.2) is 0 Å². The van der Waals surface area contributed by atoms with Gasteiger partial charge in [0.05, 0.1) is 22.2 Å². The van der Waals surface area contributed by atoms with Crippen molar-refractivity contribution in [3.8, 4) is 67.5 Å². The Balaban J connectivity index is 1.01. The van der Waals surface area contributed by atoms with Crippen LogP contribution in [0.1, 0.15) is 44.5 Å². The molecule has 2 aliphatic heterocycles. The molecule has 2 spiro atoms. The second-order valence-corrected chi connectivity index (χ2v) is 20.2. The summed E-state index contributed by atoms with van der Waals surface area (Å²) in [6.07, 6.45) is 0. The molecule has 0 amide bonds. The zero-order valence-electron chi connectivity index (χ0n) is 40.7. The number of hydrogen-bond acceptors (Lipinski definition) is 3. The predicted octanol–water partition coefficient (Wildman–Crippen LogP) is 18.6. The van der Waals surface area contributed by atoms with Crippen LogP contribution in [0.3, 0.4) is 0 Å². The lowest BCUT2D eigenvalue weighted by molar-refractivity contribution is 0.436. The Labute approximate surface area is 435 Å². The van der Waals surface area contributed by atoms with Crippen molar-refractivity contribution >= 4 is 27.8 Å². The summed E-state index contributed by atoms with van der Waals surface area (Å²) in [7, 11) is 0. The number of anilines is 3. The van der Waals surface area contributed by atoms with Crippen molar-refractivity contribution in [2.24, 2.45) is 0 Å². The molecule has 0 saturated carbocycles. The van der Waals surface area contributed by atoms with Gasteiger partial charge in [-0.3, -0.25) is 0 Å². The van der Waals surface area contributed by atoms with E-state index >= 15 is 0 Å². The Hall–Kier alpha value is -9.70. The molecule has 0 fully saturated rings. The molecule has 2 heterocycles. The van der Waals surface area contributed by atoms with Crippen LogP contribution >= 0.6 is 0 Å². The number of fused-ring (bicyclic) bond motifs is 19. The molecular formula is C72H45NO2. The lowest BCUT2D eigenvalue weighted by atomic mass is 9.66. The molecular weight excluding hydrogens is 911 g/mol. The fraction of sp³-hybridized carbons (Fsp3) is 0.0278. The number of hydrogen-bond donors (Lipinski definition) is 0. The van der Waals surface area contributed by atoms with Gasteiger partial charge >= 0.3 is 0 Å². The van der Waals surface area contributed by atoms with E-state index in [1.165, 1.54) is 66.4 Å². The summed E-state index contributed by atoms with van der Waals surface area (Å²) >= 11 is 0. The van der Waals surface area contributed by atoms with Gasteiger partial charge in [0.2, 0.25) is 0 Å². The molecule has 0 saturated heterocycles. The van der Waals surface area contributed by atoms with Gasteiger partial charge < -0.3 is 14.4 Å². The van der Waals surface area contributed by atoms with Gasteiger partial charge in [0.1, 0.15) is 23.0 Å². The van der Waals surface area contributed by atoms with E-state index in [0.717, 1.165) is 73.4 Å². The highest BCUT2D eigenvalue weighted by molar-refractivity contribution is 6.04. The first-order valence-electron chi connectivity index (χ1n) is 25.9. The number of benzene rings is 12. The predicted molar refractivity (Wildman–Crippen MR) is 304 cm³/mol. The molecule has 12 aromatic carbocycles. The van der Waals surface area contributed by atoms with E-state index in [1.807, 2.05) is 0 Å². The Morgan fingerprint density at radius 2 is 0.693 bits per heavy atom. The summed E-state index contributed by atoms with van der Waals surface area (Å²) in [5.74, 6) is 3.49. The molecule has 0 aromatic heterocycles. The zero-order chi connectivity index (χ0) is 49.2. The lowest BCUT2D eigenvalue weighted by Gasteiger charge is -2.40. The topological polar surface area (TPSA) is 21.7 Å². The summed E-state index contributed by atoms with van der Waals surface area (Å²) in [5.41, 5.74) is 20.9. The molecule has 0 bridgehead atoms. The van der Waals surface area contributed by atoms with Gasteiger partial charge in [-0.05, 0) is 127 Å². The Morgan fingerprint density at radius 3 is 1.33 bits per heavy atom. The molecule has 2 aliphatic carbocycles. The maximum Gasteiger partial charge on any atom is 0.132 e. The smallest absolute Gasteiger partial charge is 0.132 e. The minimum absolute atomic E-state index is 0.657. The van der Waals surface area contributed by atoms with E-state index in [2.05, 4.69) is 278 Å². The molecule has 0 N–H and O–H groups in total. The molecule has 0 unspecified atom stereocenters. The van der Waals surface area contributed by atoms with E-state index in [-0.39, 0.29) is 0 Å². The quantitative estimate of drug-likeness (QED) is 0.172. The SMILES string of the molecule is c1ccc(-c2ccc(-c3ccccc3N(c3ccc4c(c3)C3(c5ccccc5Oc5ccccc53)c3ccccc3-4)c3cccc4c3-c3cc5ccccc5cc3C43c4ccccc4Oc4ccccc43)cc2)cc1. The highest BCUT2D eigenvalue weighted by Gasteiger charge is 2.54. The monoisotopic (exact) mass is 955 g/mol. The van der Waals surface area contributed by atoms with E-state index in [4.69, 9.17) is 9.47 Å². The molecule has 350 valence electrons. The van der Waals surface area contributed by atoms with Crippen molar-refractivity contribution in [2.75, 3.05) is 4.90 Å². The Kier molecular flexibility index (Phi) is 8.88. The highest BCUT2D eigenvalue weighted by atomic mass is 16.5. The maximum absolute atomic E-state index is 6.85. The minimum Gasteiger partial charge on any atom is -0.457 e. The first kappa shape index (κ1) is 41.9. The van der Waals surface area contributed by atoms with Gasteiger partial charge in [-0.2, -0.15) is 0 Å². The minimum atomic E-state index is -0.687. The molecule has 0 atom stereocenters. The van der Waals surface area contributed by atoms with Crippen LogP contribution < -0.4 is 14.4 Å². The van der Waals surface area contributed by atoms with Crippen LogP contribution in [0.15, 0.2) is 273 Å². The van der Waals surface area contributed by atoms with Crippen LogP contribution in [0.25, 0.3) is 55.3 Å². The van der Waals surface area contributed by atoms with Gasteiger partial charge in [0.15, 0.2) is 0 Å². The largest absolute Gasteiger partial charge is 0.457 e. The number of rotatable bonds is 5. The molecule has 75 heavy (non-hydrogen) atoms. The Morgan fingerprint density at radius 1 is 0.253 bits per heavy atom. The third-order valence-corrected chi connectivity index (χ3v) is 16.6. The van der Waals surface area contributed by atoms with Crippen LogP contribution in [0.2, 0.25) is 0 Å². The standard InChI is InChI=1S/C72H45NO2/c1-2-19-46(20-3-1)47-37-39-48(40-38-47)52-23-7-13-31-64(52)73(51-41-42-54-53-24-6-8-25-56(53)71(63(54)45-51)57-26-9-14-33-66(57)74-67-34-15-10-27-58(67)71)65-32-18-30-61-70(65)55-43-49-21-4-5-22-50(49)44-62(55)72(61)59-28-11-16-35-68(59)75-69-36-17-12-29-60(69)72/h1-45H. The average Bonchev–Trinajstić information content (AvgIpc) is 4.03. The van der Waals surface area contributed by atoms with Gasteiger partial charge in [0, 0.05) is 39.1 Å². The zero-order valence-corrected chi connectivity index (χ0v) is 40.7. The summed E-state index contributed by atoms with van der Waals surface area (Å²) < 4.78 is 13.7. The van der Waals surface area contributed by atoms with Crippen LogP contribution in [-0.2, 0) is 10.8 Å². The van der Waals surface area contributed by atoms with E-state index in [1.54, 1.807) is 0 Å². The van der Waals surface area contributed by atoms with Crippen LogP contribution in [0, 0.1) is 0 Å². The van der Waals surface area contributed by atoms with E-state index in [0.29, 0.717) is 0 Å². The molecule has 16 rings (SSSR count). The highest BCUT2D eigenvalue weighted by Crippen LogP contribution is 2.66. The van der Waals surface area contributed by atoms with E-state index < -0.39 is 10.8 Å². The van der Waals surface area contributed by atoms with Crippen molar-refractivity contribution in [3.05, 3.63) is 317 Å². The first-order valence-corrected chi connectivity index (χ1v) is 25.9. The molecule has 3 nitrogen and oxygen atoms in total. The second kappa shape index (κ2) is 15.9. The van der Waals surface area contributed by atoms with Crippen molar-refractivity contribution in [2.45, 2.75) is 10.8 Å². The third kappa shape index (κ3) is 5.75. The first-order chi connectivity index (χ1) is 37.2. The van der Waals surface area contributed by atoms with Crippen LogP contribution in [0.4, 0.5) is 17.1 Å². The molecule has 3 heteroatoms. The molecule has 4 aliphatic rings. The normalized spacial score (nSPS) is 14.0. The third-order valence-electron chi connectivity index (χ3n) is 16.6. The number of nitrogens with zero attached hydrogens (tertiary/aromatic N) is 1. The van der Waals surface area contributed by atoms with Crippen molar-refractivity contribution in [3.63, 3.8) is 0 Å². The van der Waals surface area contributed by atoms with Crippen molar-refractivity contribution in [1.82, 2.24) is 0 Å². The summed E-state index contributed by atoms with van der Waals surface area (Å²) in [5, 5.41) is 2.40. The number of para-hydroxylation sites is 5. The average molecular weight is 956 g/mol. The fourth-order valence-corrected chi connectivity index (χ4v) is 13.6.